The number of methoxy groups -OCH3 is 2. The molecule has 1 saturated carbocycles. The van der Waals surface area contributed by atoms with Crippen LogP contribution in [0.4, 0.5) is 5.69 Å². The van der Waals surface area contributed by atoms with Crippen molar-refractivity contribution in [3.8, 4) is 12.1 Å². The molecule has 8 nitrogen and oxygen atoms in total. The van der Waals surface area contributed by atoms with Crippen molar-refractivity contribution in [2.45, 2.75) is 17.9 Å². The number of hydrogen-bond acceptors (Lipinski definition) is 7. The third-order valence-electron chi connectivity index (χ3n) is 6.99. The topological polar surface area (TPSA) is 125 Å². The van der Waals surface area contributed by atoms with Gasteiger partial charge in [-0.05, 0) is 17.2 Å². The number of amidine groups is 1. The van der Waals surface area contributed by atoms with E-state index in [0.717, 1.165) is 5.56 Å². The van der Waals surface area contributed by atoms with Crippen LogP contribution in [-0.4, -0.2) is 31.9 Å². The molecule has 1 spiro atoms. The fraction of sp³-hybridized carbons (Fsp3) is 0.304. The van der Waals surface area contributed by atoms with Gasteiger partial charge in [0.1, 0.15) is 11.3 Å². The predicted molar refractivity (Wildman–Crippen MR) is 110 cm³/mol. The first-order valence-corrected chi connectivity index (χ1v) is 9.72. The second-order valence-corrected chi connectivity index (χ2v) is 7.85. The number of nitrogens with zero attached hydrogens (tertiary/aromatic N) is 4. The van der Waals surface area contributed by atoms with Gasteiger partial charge in [-0.2, -0.15) is 10.5 Å². The van der Waals surface area contributed by atoms with E-state index < -0.39 is 28.1 Å². The van der Waals surface area contributed by atoms with E-state index in [4.69, 9.17) is 15.2 Å². The molecular formula is C23H19N5O3. The van der Waals surface area contributed by atoms with Gasteiger partial charge in [-0.3, -0.25) is 4.79 Å². The Morgan fingerprint density at radius 3 is 2.29 bits per heavy atom. The number of carbonyl (C=O) groups excluding carboxylic acids is 1. The lowest BCUT2D eigenvalue weighted by Crippen LogP contribution is -2.48. The van der Waals surface area contributed by atoms with Crippen LogP contribution in [-0.2, 0) is 26.2 Å². The van der Waals surface area contributed by atoms with E-state index in [2.05, 4.69) is 17.1 Å². The highest BCUT2D eigenvalue weighted by Gasteiger charge is 3.05. The molecule has 2 aromatic rings. The van der Waals surface area contributed by atoms with Gasteiger partial charge in [0.15, 0.2) is 10.8 Å². The Balaban J connectivity index is 1.79. The van der Waals surface area contributed by atoms with Crippen molar-refractivity contribution >= 4 is 17.4 Å². The number of benzene rings is 2. The summed E-state index contributed by atoms with van der Waals surface area (Å²) in [5.41, 5.74) is 3.29. The van der Waals surface area contributed by atoms with E-state index in [-0.39, 0.29) is 12.4 Å². The van der Waals surface area contributed by atoms with Crippen LogP contribution in [0.5, 0.6) is 0 Å². The van der Waals surface area contributed by atoms with Gasteiger partial charge in [-0.15, -0.1) is 0 Å². The van der Waals surface area contributed by atoms with Gasteiger partial charge in [0.25, 0.3) is 5.91 Å². The number of carbonyl (C=O) groups is 1. The molecule has 5 rings (SSSR count). The van der Waals surface area contributed by atoms with Crippen molar-refractivity contribution < 1.29 is 14.3 Å². The highest BCUT2D eigenvalue weighted by Crippen LogP contribution is 2.87. The lowest BCUT2D eigenvalue weighted by molar-refractivity contribution is -0.233. The maximum atomic E-state index is 14.2. The monoisotopic (exact) mass is 413 g/mol. The van der Waals surface area contributed by atoms with Crippen LogP contribution >= 0.6 is 0 Å². The van der Waals surface area contributed by atoms with E-state index in [1.54, 1.807) is 17.0 Å². The number of rotatable bonds is 4. The van der Waals surface area contributed by atoms with Gasteiger partial charge >= 0.3 is 0 Å². The van der Waals surface area contributed by atoms with Crippen LogP contribution in [0.25, 0.3) is 0 Å². The van der Waals surface area contributed by atoms with Crippen LogP contribution in [0.15, 0.2) is 59.6 Å². The smallest absolute Gasteiger partial charge is 0.293 e. The van der Waals surface area contributed by atoms with Crippen LogP contribution in [0, 0.1) is 33.5 Å². The molecule has 2 N–H and O–H groups in total. The molecule has 1 aliphatic carbocycles. The number of amides is 1. The summed E-state index contributed by atoms with van der Waals surface area (Å²) in [6.45, 7) is 0.283. The third-order valence-corrected chi connectivity index (χ3v) is 6.99. The van der Waals surface area contributed by atoms with Crippen LogP contribution in [0.2, 0.25) is 0 Å². The molecule has 0 radical (unpaired) electrons. The SMILES string of the molecule is COC1(OC)N=C(N)[C@]2(C#N)[C@@]3(C(=O)N(Cc4ccccc4)c4ccccc43)[C@]12C#N. The average molecular weight is 413 g/mol. The summed E-state index contributed by atoms with van der Waals surface area (Å²) in [5.74, 6) is -2.41. The summed E-state index contributed by atoms with van der Waals surface area (Å²) in [6.07, 6.45) is 0. The number of fused-ring (bicyclic) bond motifs is 5. The Hall–Kier alpha value is -3.72. The second kappa shape index (κ2) is 5.92. The van der Waals surface area contributed by atoms with Crippen molar-refractivity contribution in [1.82, 2.24) is 0 Å². The molecule has 0 unspecified atom stereocenters. The molecule has 2 aromatic carbocycles. The van der Waals surface area contributed by atoms with Crippen LogP contribution < -0.4 is 10.6 Å². The molecule has 1 fully saturated rings. The molecular weight excluding hydrogens is 394 g/mol. The number of nitrogens with two attached hydrogens (primary N) is 1. The minimum atomic E-state index is -1.88. The maximum Gasteiger partial charge on any atom is 0.293 e. The summed E-state index contributed by atoms with van der Waals surface area (Å²) in [7, 11) is 2.65. The van der Waals surface area contributed by atoms with E-state index in [9.17, 15) is 15.3 Å². The fourth-order valence-corrected chi connectivity index (χ4v) is 5.79. The van der Waals surface area contributed by atoms with Crippen molar-refractivity contribution in [1.29, 1.82) is 10.5 Å². The number of para-hydroxylation sites is 1. The third kappa shape index (κ3) is 1.67. The zero-order valence-electron chi connectivity index (χ0n) is 17.0. The van der Waals surface area contributed by atoms with Crippen molar-refractivity contribution in [2.24, 2.45) is 21.6 Å². The Kier molecular flexibility index (Phi) is 3.67. The summed E-state index contributed by atoms with van der Waals surface area (Å²) in [5, 5.41) is 20.8. The number of ether oxygens (including phenoxy) is 2. The Morgan fingerprint density at radius 1 is 1.03 bits per heavy atom. The Bertz CT molecular complexity index is 1230. The highest BCUT2D eigenvalue weighted by molar-refractivity contribution is 6.21. The predicted octanol–water partition coefficient (Wildman–Crippen LogP) is 1.82. The number of aliphatic imine (C=N–C) groups is 1. The average Bonchev–Trinajstić information content (AvgIpc) is 3.21. The largest absolute Gasteiger partial charge is 0.386 e. The van der Waals surface area contributed by atoms with Gasteiger partial charge in [0.2, 0.25) is 5.91 Å². The zero-order valence-corrected chi connectivity index (χ0v) is 17.0. The summed E-state index contributed by atoms with van der Waals surface area (Å²) in [6, 6.07) is 21.1. The van der Waals surface area contributed by atoms with Gasteiger partial charge in [0.05, 0.1) is 18.7 Å². The molecule has 154 valence electrons. The molecule has 8 heteroatoms. The van der Waals surface area contributed by atoms with Crippen molar-refractivity contribution in [3.63, 3.8) is 0 Å². The fourth-order valence-electron chi connectivity index (χ4n) is 5.79. The number of nitriles is 2. The van der Waals surface area contributed by atoms with Crippen LogP contribution in [0.3, 0.4) is 0 Å². The molecule has 2 heterocycles. The van der Waals surface area contributed by atoms with Gasteiger partial charge in [-0.1, -0.05) is 48.5 Å². The van der Waals surface area contributed by atoms with E-state index in [0.29, 0.717) is 11.3 Å². The minimum absolute atomic E-state index is 0.134. The summed E-state index contributed by atoms with van der Waals surface area (Å²) < 4.78 is 11.1. The molecule has 0 bridgehead atoms. The van der Waals surface area contributed by atoms with Gasteiger partial charge < -0.3 is 20.1 Å². The first-order chi connectivity index (χ1) is 15.0. The van der Waals surface area contributed by atoms with E-state index in [1.165, 1.54) is 14.2 Å². The zero-order chi connectivity index (χ0) is 22.1. The molecule has 3 atom stereocenters. The van der Waals surface area contributed by atoms with Crippen molar-refractivity contribution in [3.05, 3.63) is 65.7 Å². The quantitative estimate of drug-likeness (QED) is 0.763. The lowest BCUT2D eigenvalue weighted by Gasteiger charge is -2.31. The molecule has 31 heavy (non-hydrogen) atoms. The highest BCUT2D eigenvalue weighted by atomic mass is 16.7. The summed E-state index contributed by atoms with van der Waals surface area (Å²) >= 11 is 0. The number of hydrogen-bond donors (Lipinski definition) is 1. The van der Waals surface area contributed by atoms with Gasteiger partial charge in [-0.25, -0.2) is 4.99 Å². The first kappa shape index (κ1) is 19.3. The Morgan fingerprint density at radius 2 is 1.68 bits per heavy atom. The molecule has 3 aliphatic rings. The van der Waals surface area contributed by atoms with Gasteiger partial charge in [0, 0.05) is 19.9 Å². The summed E-state index contributed by atoms with van der Waals surface area (Å²) in [4.78, 5) is 20.0. The van der Waals surface area contributed by atoms with Crippen LogP contribution in [0.1, 0.15) is 11.1 Å². The lowest BCUT2D eigenvalue weighted by atomic mass is 9.84. The normalized spacial score (nSPS) is 31.5. The molecule has 1 amide bonds. The number of anilines is 1. The second-order valence-electron chi connectivity index (χ2n) is 7.85. The van der Waals surface area contributed by atoms with E-state index >= 15 is 0 Å². The van der Waals surface area contributed by atoms with E-state index in [1.807, 2.05) is 42.5 Å². The molecule has 2 aliphatic heterocycles. The maximum absolute atomic E-state index is 14.2. The standard InChI is InChI=1S/C23H19N5O3/c1-30-23(31-2)21(14-25)20(13-24,18(26)27-23)22(21)16-10-6-7-11-17(16)28(19(22)29)12-15-8-4-3-5-9-15/h3-11H,12H2,1-2H3,(H2,26,27)/t20-,21+,22+/m0/s1. The first-order valence-electron chi connectivity index (χ1n) is 9.72. The molecule has 0 aromatic heterocycles. The minimum Gasteiger partial charge on any atom is -0.386 e. The van der Waals surface area contributed by atoms with Crippen molar-refractivity contribution in [2.75, 3.05) is 19.1 Å². The Labute approximate surface area is 179 Å². The molecule has 0 saturated heterocycles.